The van der Waals surface area contributed by atoms with Crippen LogP contribution in [0.15, 0.2) is 72.1 Å². The van der Waals surface area contributed by atoms with E-state index in [4.69, 9.17) is 0 Å². The third kappa shape index (κ3) is 5.03. The van der Waals surface area contributed by atoms with Crippen molar-refractivity contribution in [2.75, 3.05) is 6.54 Å². The monoisotopic (exact) mass is 331 g/mol. The summed E-state index contributed by atoms with van der Waals surface area (Å²) in [5, 5.41) is 9.86. The fraction of sp³-hybridized carbons (Fsp3) is 0.222. The number of sulfonamides is 1. The molecule has 23 heavy (non-hydrogen) atoms. The predicted octanol–water partition coefficient (Wildman–Crippen LogP) is 2.82. The molecule has 2 aromatic carbocycles. The lowest BCUT2D eigenvalue weighted by atomic mass is 10.0. The van der Waals surface area contributed by atoms with Gasteiger partial charge in [0, 0.05) is 6.54 Å². The average Bonchev–Trinajstić information content (AvgIpc) is 2.56. The lowest BCUT2D eigenvalue weighted by molar-refractivity contribution is 0.181. The van der Waals surface area contributed by atoms with Gasteiger partial charge in [0.25, 0.3) is 0 Å². The largest absolute Gasteiger partial charge is 0.388 e. The maximum absolute atomic E-state index is 12.1. The zero-order valence-electron chi connectivity index (χ0n) is 12.9. The van der Waals surface area contributed by atoms with Gasteiger partial charge < -0.3 is 5.11 Å². The van der Waals surface area contributed by atoms with E-state index in [2.05, 4.69) is 11.3 Å². The number of nitrogens with one attached hydrogen (secondary N) is 1. The van der Waals surface area contributed by atoms with Crippen LogP contribution in [0.25, 0.3) is 0 Å². The quantitative estimate of drug-likeness (QED) is 0.731. The van der Waals surface area contributed by atoms with E-state index in [1.807, 2.05) is 24.3 Å². The average molecular weight is 331 g/mol. The summed E-state index contributed by atoms with van der Waals surface area (Å²) in [6.45, 7) is 3.93. The molecule has 2 aromatic rings. The molecule has 0 saturated carbocycles. The van der Waals surface area contributed by atoms with E-state index in [0.29, 0.717) is 19.4 Å². The van der Waals surface area contributed by atoms with Gasteiger partial charge in [-0.3, -0.25) is 0 Å². The highest BCUT2D eigenvalue weighted by Crippen LogP contribution is 2.17. The smallest absolute Gasteiger partial charge is 0.240 e. The Labute approximate surface area is 137 Å². The van der Waals surface area contributed by atoms with Crippen molar-refractivity contribution < 1.29 is 13.5 Å². The van der Waals surface area contributed by atoms with Gasteiger partial charge in [-0.15, -0.1) is 6.58 Å². The highest BCUT2D eigenvalue weighted by Gasteiger charge is 2.12. The minimum atomic E-state index is -3.46. The van der Waals surface area contributed by atoms with Gasteiger partial charge in [0.2, 0.25) is 10.0 Å². The first-order valence-corrected chi connectivity index (χ1v) is 8.94. The molecule has 0 bridgehead atoms. The molecule has 0 aliphatic rings. The summed E-state index contributed by atoms with van der Waals surface area (Å²) in [5.41, 5.74) is 1.84. The molecule has 5 heteroatoms. The van der Waals surface area contributed by atoms with E-state index < -0.39 is 16.1 Å². The van der Waals surface area contributed by atoms with Crippen LogP contribution < -0.4 is 4.72 Å². The lowest BCUT2D eigenvalue weighted by Crippen LogP contribution is -2.25. The number of rotatable bonds is 8. The first-order chi connectivity index (χ1) is 11.0. The molecule has 0 amide bonds. The minimum Gasteiger partial charge on any atom is -0.388 e. The summed E-state index contributed by atoms with van der Waals surface area (Å²) >= 11 is 0. The van der Waals surface area contributed by atoms with Gasteiger partial charge in [0.1, 0.15) is 0 Å². The highest BCUT2D eigenvalue weighted by atomic mass is 32.2. The number of aliphatic hydroxyl groups is 1. The summed E-state index contributed by atoms with van der Waals surface area (Å²) in [7, 11) is -3.46. The molecular formula is C18H21NO3S. The molecule has 2 rings (SSSR count). The van der Waals surface area contributed by atoms with E-state index in [1.165, 1.54) is 0 Å². The minimum absolute atomic E-state index is 0.267. The summed E-state index contributed by atoms with van der Waals surface area (Å²) < 4.78 is 26.8. The number of benzene rings is 2. The number of aliphatic hydroxyl groups excluding tert-OH is 1. The van der Waals surface area contributed by atoms with Crippen molar-refractivity contribution >= 4 is 10.0 Å². The van der Waals surface area contributed by atoms with Crippen molar-refractivity contribution in [3.05, 3.63) is 78.4 Å². The molecule has 122 valence electrons. The van der Waals surface area contributed by atoms with Crippen LogP contribution in [0, 0.1) is 0 Å². The SMILES string of the molecule is C=CCC(O)c1ccc(CCNS(=O)(=O)c2ccccc2)cc1. The summed E-state index contributed by atoms with van der Waals surface area (Å²) in [6, 6.07) is 15.8. The molecule has 1 atom stereocenters. The van der Waals surface area contributed by atoms with Gasteiger partial charge >= 0.3 is 0 Å². The second-order valence-electron chi connectivity index (χ2n) is 5.24. The molecule has 0 radical (unpaired) electrons. The van der Waals surface area contributed by atoms with Crippen molar-refractivity contribution in [2.24, 2.45) is 0 Å². The molecule has 2 N–H and O–H groups in total. The van der Waals surface area contributed by atoms with Crippen LogP contribution in [0.5, 0.6) is 0 Å². The van der Waals surface area contributed by atoms with Crippen molar-refractivity contribution in [3.63, 3.8) is 0 Å². The molecule has 0 aliphatic heterocycles. The Morgan fingerprint density at radius 1 is 1.09 bits per heavy atom. The zero-order chi connectivity index (χ0) is 16.7. The van der Waals surface area contributed by atoms with E-state index in [9.17, 15) is 13.5 Å². The standard InChI is InChI=1S/C18H21NO3S/c1-2-6-18(20)16-11-9-15(10-12-16)13-14-19-23(21,22)17-7-4-3-5-8-17/h2-5,7-12,18-20H,1,6,13-14H2. The maximum atomic E-state index is 12.1. The van der Waals surface area contributed by atoms with Crippen LogP contribution in [0.3, 0.4) is 0 Å². The Bertz CT molecular complexity index is 725. The van der Waals surface area contributed by atoms with E-state index in [-0.39, 0.29) is 4.90 Å². The second kappa shape index (κ2) is 8.06. The van der Waals surface area contributed by atoms with Crippen LogP contribution >= 0.6 is 0 Å². The topological polar surface area (TPSA) is 66.4 Å². The molecular weight excluding hydrogens is 310 g/mol. The Hall–Kier alpha value is -1.95. The van der Waals surface area contributed by atoms with Gasteiger partial charge in [-0.2, -0.15) is 0 Å². The summed E-state index contributed by atoms with van der Waals surface area (Å²) in [4.78, 5) is 0.267. The molecule has 0 aliphatic carbocycles. The normalized spacial score (nSPS) is 12.7. The molecule has 4 nitrogen and oxygen atoms in total. The molecule has 0 saturated heterocycles. The molecule has 0 aromatic heterocycles. The Morgan fingerprint density at radius 2 is 1.74 bits per heavy atom. The van der Waals surface area contributed by atoms with Gasteiger partial charge in [-0.25, -0.2) is 13.1 Å². The van der Waals surface area contributed by atoms with Crippen LogP contribution in [0.1, 0.15) is 23.7 Å². The first-order valence-electron chi connectivity index (χ1n) is 7.45. The predicted molar refractivity (Wildman–Crippen MR) is 91.6 cm³/mol. The van der Waals surface area contributed by atoms with Gasteiger partial charge in [-0.1, -0.05) is 48.5 Å². The highest BCUT2D eigenvalue weighted by molar-refractivity contribution is 7.89. The summed E-state index contributed by atoms with van der Waals surface area (Å²) in [6.07, 6.45) is 2.23. The molecule has 0 fully saturated rings. The van der Waals surface area contributed by atoms with Crippen molar-refractivity contribution in [3.8, 4) is 0 Å². The second-order valence-corrected chi connectivity index (χ2v) is 7.01. The molecule has 1 unspecified atom stereocenters. The fourth-order valence-corrected chi connectivity index (χ4v) is 3.27. The Kier molecular flexibility index (Phi) is 6.10. The van der Waals surface area contributed by atoms with Crippen LogP contribution in [0.4, 0.5) is 0 Å². The maximum Gasteiger partial charge on any atom is 0.240 e. The van der Waals surface area contributed by atoms with Crippen molar-refractivity contribution in [1.29, 1.82) is 0 Å². The van der Waals surface area contributed by atoms with Gasteiger partial charge in [-0.05, 0) is 36.1 Å². The Morgan fingerprint density at radius 3 is 2.35 bits per heavy atom. The molecule has 0 spiro atoms. The fourth-order valence-electron chi connectivity index (χ4n) is 2.21. The first kappa shape index (κ1) is 17.4. The number of hydrogen-bond acceptors (Lipinski definition) is 3. The van der Waals surface area contributed by atoms with Gasteiger partial charge in [0.15, 0.2) is 0 Å². The zero-order valence-corrected chi connectivity index (χ0v) is 13.7. The van der Waals surface area contributed by atoms with Crippen LogP contribution in [-0.2, 0) is 16.4 Å². The van der Waals surface area contributed by atoms with Gasteiger partial charge in [0.05, 0.1) is 11.0 Å². The molecule has 0 heterocycles. The van der Waals surface area contributed by atoms with Crippen LogP contribution in [0.2, 0.25) is 0 Å². The third-order valence-electron chi connectivity index (χ3n) is 3.51. The number of hydrogen-bond donors (Lipinski definition) is 2. The Balaban J connectivity index is 1.90. The van der Waals surface area contributed by atoms with E-state index in [0.717, 1.165) is 11.1 Å². The lowest BCUT2D eigenvalue weighted by Gasteiger charge is -2.10. The van der Waals surface area contributed by atoms with Crippen LogP contribution in [-0.4, -0.2) is 20.1 Å². The van der Waals surface area contributed by atoms with Crippen molar-refractivity contribution in [2.45, 2.75) is 23.8 Å². The van der Waals surface area contributed by atoms with E-state index >= 15 is 0 Å². The third-order valence-corrected chi connectivity index (χ3v) is 4.99. The van der Waals surface area contributed by atoms with Crippen molar-refractivity contribution in [1.82, 2.24) is 4.72 Å². The van der Waals surface area contributed by atoms with E-state index in [1.54, 1.807) is 36.4 Å². The summed E-state index contributed by atoms with van der Waals surface area (Å²) in [5.74, 6) is 0.